The van der Waals surface area contributed by atoms with Gasteiger partial charge < -0.3 is 16.2 Å². The second-order valence-electron chi connectivity index (χ2n) is 6.99. The highest BCUT2D eigenvalue weighted by Crippen LogP contribution is 2.38. The minimum Gasteiger partial charge on any atom is -0.394 e. The van der Waals surface area contributed by atoms with Crippen molar-refractivity contribution < 1.29 is 5.11 Å². The topological polar surface area (TPSA) is 97.0 Å². The van der Waals surface area contributed by atoms with Gasteiger partial charge in [0.25, 0.3) is 0 Å². The third kappa shape index (κ3) is 5.05. The van der Waals surface area contributed by atoms with E-state index in [9.17, 15) is 5.11 Å². The number of nitrogen functional groups attached to an aromatic ring is 1. The van der Waals surface area contributed by atoms with E-state index in [4.69, 9.17) is 22.3 Å². The molecule has 2 atom stereocenters. The van der Waals surface area contributed by atoms with Crippen LogP contribution in [0.2, 0.25) is 5.02 Å². The highest BCUT2D eigenvalue weighted by molar-refractivity contribution is 7.99. The lowest BCUT2D eigenvalue weighted by Gasteiger charge is -2.19. The highest BCUT2D eigenvalue weighted by Gasteiger charge is 2.19. The lowest BCUT2D eigenvalue weighted by molar-refractivity contribution is 0.259. The molecule has 3 aromatic rings. The maximum atomic E-state index is 9.74. The minimum absolute atomic E-state index is 0.0243. The first-order chi connectivity index (χ1) is 13.4. The van der Waals surface area contributed by atoms with Gasteiger partial charge in [-0.1, -0.05) is 66.7 Å². The van der Waals surface area contributed by atoms with Crippen molar-refractivity contribution in [2.45, 2.75) is 43.6 Å². The third-order valence-corrected chi connectivity index (χ3v) is 6.42. The molecule has 1 aromatic carbocycles. The van der Waals surface area contributed by atoms with Crippen LogP contribution in [0.15, 0.2) is 29.4 Å². The number of thioether (sulfide) groups is 1. The molecule has 0 aliphatic rings. The molecule has 0 saturated heterocycles. The minimum atomic E-state index is -0.0970. The van der Waals surface area contributed by atoms with Gasteiger partial charge >= 0.3 is 0 Å². The molecule has 28 heavy (non-hydrogen) atoms. The molecule has 2 unspecified atom stereocenters. The number of nitrogens with one attached hydrogen (secondary N) is 1. The van der Waals surface area contributed by atoms with Crippen molar-refractivity contribution in [2.75, 3.05) is 17.7 Å². The van der Waals surface area contributed by atoms with Crippen LogP contribution in [0.1, 0.15) is 38.0 Å². The van der Waals surface area contributed by atoms with Crippen LogP contribution < -0.4 is 11.1 Å². The van der Waals surface area contributed by atoms with Crippen LogP contribution in [-0.4, -0.2) is 32.7 Å². The lowest BCUT2D eigenvalue weighted by atomic mass is 10.0. The van der Waals surface area contributed by atoms with E-state index in [0.29, 0.717) is 27.7 Å². The molecule has 0 aliphatic heterocycles. The maximum Gasteiger partial charge on any atom is 0.192 e. The number of fused-ring (bicyclic) bond motifs is 1. The van der Waals surface area contributed by atoms with E-state index in [2.05, 4.69) is 36.1 Å². The van der Waals surface area contributed by atoms with Crippen LogP contribution in [0.3, 0.4) is 0 Å². The molecule has 9 heteroatoms. The van der Waals surface area contributed by atoms with Crippen LogP contribution in [0, 0.1) is 5.92 Å². The third-order valence-electron chi connectivity index (χ3n) is 4.19. The molecule has 0 fully saturated rings. The van der Waals surface area contributed by atoms with Crippen molar-refractivity contribution in [3.05, 3.63) is 34.9 Å². The molecule has 2 heterocycles. The van der Waals surface area contributed by atoms with Crippen LogP contribution in [-0.2, 0) is 0 Å². The molecule has 150 valence electrons. The van der Waals surface area contributed by atoms with E-state index in [0.717, 1.165) is 21.7 Å². The number of aliphatic hydroxyl groups excluding tert-OH is 1. The Morgan fingerprint density at radius 1 is 1.21 bits per heavy atom. The highest BCUT2D eigenvalue weighted by atomic mass is 35.5. The van der Waals surface area contributed by atoms with Crippen molar-refractivity contribution in [1.82, 2.24) is 15.0 Å². The largest absolute Gasteiger partial charge is 0.394 e. The molecule has 4 N–H and O–H groups in total. The number of aromatic nitrogens is 3. The zero-order valence-corrected chi connectivity index (χ0v) is 18.4. The fourth-order valence-electron chi connectivity index (χ4n) is 2.94. The Balaban J connectivity index is 1.92. The normalized spacial score (nSPS) is 13.8. The standard InChI is InChI=1S/C19H24ClN5OS2/c1-10(2)8-12(9-26)22-16-15-17(23-18(21)28-15)25-19(24-16)27-11(3)13-6-4-5-7-14(13)20/h4-7,10-12,26H,8-9H2,1-3H3,(H3,21,22,23,24,25). The molecule has 0 spiro atoms. The molecule has 0 radical (unpaired) electrons. The zero-order valence-electron chi connectivity index (χ0n) is 16.0. The van der Waals surface area contributed by atoms with Crippen molar-refractivity contribution in [3.8, 4) is 0 Å². The van der Waals surface area contributed by atoms with E-state index >= 15 is 0 Å². The summed E-state index contributed by atoms with van der Waals surface area (Å²) in [6, 6.07) is 7.66. The summed E-state index contributed by atoms with van der Waals surface area (Å²) in [5.74, 6) is 1.11. The van der Waals surface area contributed by atoms with Crippen LogP contribution >= 0.6 is 34.7 Å². The first kappa shape index (κ1) is 21.1. The summed E-state index contributed by atoms with van der Waals surface area (Å²) < 4.78 is 0.800. The number of thiazole rings is 1. The number of benzene rings is 1. The Labute approximate surface area is 177 Å². The number of halogens is 1. The summed E-state index contributed by atoms with van der Waals surface area (Å²) in [5, 5.41) is 14.9. The van der Waals surface area contributed by atoms with Gasteiger partial charge in [0.15, 0.2) is 21.8 Å². The summed E-state index contributed by atoms with van der Waals surface area (Å²) in [4.78, 5) is 13.6. The summed E-state index contributed by atoms with van der Waals surface area (Å²) in [5.41, 5.74) is 7.49. The van der Waals surface area contributed by atoms with E-state index < -0.39 is 0 Å². The van der Waals surface area contributed by atoms with E-state index in [1.54, 1.807) is 0 Å². The SMILES string of the molecule is CC(C)CC(CO)Nc1nc(SC(C)c2ccccc2Cl)nc2nc(N)sc12. The lowest BCUT2D eigenvalue weighted by Crippen LogP contribution is -2.26. The molecule has 2 aromatic heterocycles. The fourth-order valence-corrected chi connectivity index (χ4v) is 4.96. The molecular formula is C19H24ClN5OS2. The molecule has 0 bridgehead atoms. The second-order valence-corrected chi connectivity index (χ2v) is 9.74. The Morgan fingerprint density at radius 2 is 1.96 bits per heavy atom. The van der Waals surface area contributed by atoms with Crippen LogP contribution in [0.5, 0.6) is 0 Å². The van der Waals surface area contributed by atoms with Gasteiger partial charge in [0.05, 0.1) is 12.6 Å². The van der Waals surface area contributed by atoms with Crippen molar-refractivity contribution in [2.24, 2.45) is 5.92 Å². The first-order valence-electron chi connectivity index (χ1n) is 9.10. The number of aliphatic hydroxyl groups is 1. The number of hydrogen-bond donors (Lipinski definition) is 3. The Morgan fingerprint density at radius 3 is 2.64 bits per heavy atom. The Hall–Kier alpha value is -1.61. The van der Waals surface area contributed by atoms with Crippen molar-refractivity contribution in [1.29, 1.82) is 0 Å². The molecular weight excluding hydrogens is 414 g/mol. The van der Waals surface area contributed by atoms with Gasteiger partial charge in [0, 0.05) is 10.3 Å². The number of rotatable bonds is 8. The summed E-state index contributed by atoms with van der Waals surface area (Å²) in [7, 11) is 0. The molecule has 3 rings (SSSR count). The van der Waals surface area contributed by atoms with Crippen molar-refractivity contribution >= 4 is 56.0 Å². The first-order valence-corrected chi connectivity index (χ1v) is 11.2. The van der Waals surface area contributed by atoms with Gasteiger partial charge in [-0.15, -0.1) is 0 Å². The number of nitrogens with zero attached hydrogens (tertiary/aromatic N) is 3. The van der Waals surface area contributed by atoms with Crippen LogP contribution in [0.4, 0.5) is 10.9 Å². The molecule has 0 aliphatic carbocycles. The summed E-state index contributed by atoms with van der Waals surface area (Å²) >= 11 is 9.19. The average molecular weight is 438 g/mol. The van der Waals surface area contributed by atoms with Crippen molar-refractivity contribution in [3.63, 3.8) is 0 Å². The number of nitrogens with two attached hydrogens (primary N) is 1. The zero-order chi connectivity index (χ0) is 20.3. The number of anilines is 2. The predicted molar refractivity (Wildman–Crippen MR) is 119 cm³/mol. The average Bonchev–Trinajstić information content (AvgIpc) is 3.01. The smallest absolute Gasteiger partial charge is 0.192 e. The van der Waals surface area contributed by atoms with Gasteiger partial charge in [-0.05, 0) is 30.9 Å². The fraction of sp³-hybridized carbons (Fsp3) is 0.421. The Kier molecular flexibility index (Phi) is 6.98. The maximum absolute atomic E-state index is 9.74. The van der Waals surface area contributed by atoms with Gasteiger partial charge in [0.2, 0.25) is 0 Å². The Bertz CT molecular complexity index is 949. The number of hydrogen-bond acceptors (Lipinski definition) is 8. The van der Waals surface area contributed by atoms with Gasteiger partial charge in [0.1, 0.15) is 4.70 Å². The van der Waals surface area contributed by atoms with Gasteiger partial charge in [-0.25, -0.2) is 15.0 Å². The van der Waals surface area contributed by atoms with E-state index in [1.807, 2.05) is 24.3 Å². The van der Waals surface area contributed by atoms with Crippen LogP contribution in [0.25, 0.3) is 10.3 Å². The van der Waals surface area contributed by atoms with Gasteiger partial charge in [-0.2, -0.15) is 0 Å². The molecule has 6 nitrogen and oxygen atoms in total. The van der Waals surface area contributed by atoms with E-state index in [-0.39, 0.29) is 17.9 Å². The molecule has 0 saturated carbocycles. The second kappa shape index (κ2) is 9.26. The van der Waals surface area contributed by atoms with Gasteiger partial charge in [-0.3, -0.25) is 0 Å². The predicted octanol–water partition coefficient (Wildman–Crippen LogP) is 4.99. The van der Waals surface area contributed by atoms with E-state index in [1.165, 1.54) is 23.1 Å². The monoisotopic (exact) mass is 437 g/mol. The molecule has 0 amide bonds. The summed E-state index contributed by atoms with van der Waals surface area (Å²) in [6.45, 7) is 6.34. The summed E-state index contributed by atoms with van der Waals surface area (Å²) in [6.07, 6.45) is 0.828. The quantitative estimate of drug-likeness (QED) is 0.337.